The largest absolute Gasteiger partial charge is 0.345 e. The molecule has 5 nitrogen and oxygen atoms in total. The predicted octanol–water partition coefficient (Wildman–Crippen LogP) is 4.66. The van der Waals surface area contributed by atoms with Gasteiger partial charge in [-0.25, -0.2) is 13.4 Å². The Balaban J connectivity index is 1.40. The summed E-state index contributed by atoms with van der Waals surface area (Å²) in [6.07, 6.45) is 0.779. The van der Waals surface area contributed by atoms with Gasteiger partial charge in [0.1, 0.15) is 0 Å². The summed E-state index contributed by atoms with van der Waals surface area (Å²) in [6, 6.07) is 14.5. The summed E-state index contributed by atoms with van der Waals surface area (Å²) in [7, 11) is -3.50. The number of anilines is 1. The Hall–Kier alpha value is -1.45. The molecular weight excluding hydrogens is 494 g/mol. The molecule has 0 unspecified atom stereocenters. The van der Waals surface area contributed by atoms with Crippen molar-refractivity contribution in [1.82, 2.24) is 9.29 Å². The summed E-state index contributed by atoms with van der Waals surface area (Å²) in [4.78, 5) is 7.19. The molecule has 1 fully saturated rings. The van der Waals surface area contributed by atoms with Gasteiger partial charge in [0.2, 0.25) is 10.0 Å². The fourth-order valence-electron chi connectivity index (χ4n) is 3.25. The van der Waals surface area contributed by atoms with Crippen LogP contribution in [0.25, 0.3) is 0 Å². The van der Waals surface area contributed by atoms with Crippen molar-refractivity contribution in [1.29, 1.82) is 0 Å². The Morgan fingerprint density at radius 2 is 1.79 bits per heavy atom. The Morgan fingerprint density at radius 1 is 1.07 bits per heavy atom. The van der Waals surface area contributed by atoms with Crippen molar-refractivity contribution in [3.8, 4) is 0 Å². The van der Waals surface area contributed by atoms with Crippen LogP contribution < -0.4 is 4.90 Å². The van der Waals surface area contributed by atoms with Crippen LogP contribution in [0, 0.1) is 0 Å². The van der Waals surface area contributed by atoms with Crippen LogP contribution in [0.15, 0.2) is 63.3 Å². The van der Waals surface area contributed by atoms with Crippen LogP contribution in [-0.4, -0.2) is 43.9 Å². The lowest BCUT2D eigenvalue weighted by molar-refractivity contribution is 0.384. The first-order valence-electron chi connectivity index (χ1n) is 9.11. The minimum Gasteiger partial charge on any atom is -0.345 e. The molecule has 0 aliphatic carbocycles. The molecule has 1 aromatic heterocycles. The van der Waals surface area contributed by atoms with Gasteiger partial charge in [-0.15, -0.1) is 11.3 Å². The third-order valence-corrected chi connectivity index (χ3v) is 8.38. The molecule has 2 aromatic carbocycles. The van der Waals surface area contributed by atoms with Gasteiger partial charge in [-0.2, -0.15) is 4.31 Å². The van der Waals surface area contributed by atoms with Crippen molar-refractivity contribution in [3.63, 3.8) is 0 Å². The van der Waals surface area contributed by atoms with Crippen LogP contribution >= 0.6 is 38.9 Å². The standard InChI is InChI=1S/C20H19BrClN3O2S2/c21-16-3-1-2-15(12-16)13-18-14-28-20(23-18)24-8-10-25(11-9-24)29(26,27)19-6-4-17(22)5-7-19/h1-7,12,14H,8-11,13H2. The molecule has 9 heteroatoms. The fourth-order valence-corrected chi connectivity index (χ4v) is 6.13. The molecule has 0 atom stereocenters. The first-order chi connectivity index (χ1) is 13.9. The molecule has 0 spiro atoms. The lowest BCUT2D eigenvalue weighted by Crippen LogP contribution is -2.48. The number of nitrogens with zero attached hydrogens (tertiary/aromatic N) is 3. The Morgan fingerprint density at radius 3 is 2.48 bits per heavy atom. The van der Waals surface area contributed by atoms with Gasteiger partial charge in [-0.3, -0.25) is 0 Å². The van der Waals surface area contributed by atoms with Crippen LogP contribution in [0.5, 0.6) is 0 Å². The highest BCUT2D eigenvalue weighted by Crippen LogP contribution is 2.26. The quantitative estimate of drug-likeness (QED) is 0.499. The number of halogens is 2. The first kappa shape index (κ1) is 20.8. The zero-order valence-electron chi connectivity index (χ0n) is 15.5. The number of sulfonamides is 1. The van der Waals surface area contributed by atoms with Gasteiger partial charge in [-0.1, -0.05) is 39.7 Å². The minimum atomic E-state index is -3.50. The smallest absolute Gasteiger partial charge is 0.243 e. The fraction of sp³-hybridized carbons (Fsp3) is 0.250. The van der Waals surface area contributed by atoms with Crippen LogP contribution in [0.3, 0.4) is 0 Å². The highest BCUT2D eigenvalue weighted by Gasteiger charge is 2.29. The van der Waals surface area contributed by atoms with Crippen molar-refractivity contribution in [2.24, 2.45) is 0 Å². The second-order valence-electron chi connectivity index (χ2n) is 6.77. The van der Waals surface area contributed by atoms with E-state index in [1.807, 2.05) is 12.1 Å². The Labute approximate surface area is 188 Å². The summed E-state index contributed by atoms with van der Waals surface area (Å²) in [5.41, 5.74) is 2.23. The normalized spacial score (nSPS) is 15.6. The monoisotopic (exact) mass is 511 g/mol. The van der Waals surface area contributed by atoms with Gasteiger partial charge in [0.15, 0.2) is 5.13 Å². The molecule has 29 heavy (non-hydrogen) atoms. The molecule has 0 N–H and O–H groups in total. The number of hydrogen-bond acceptors (Lipinski definition) is 5. The maximum atomic E-state index is 12.8. The number of thiazole rings is 1. The van der Waals surface area contributed by atoms with E-state index in [2.05, 4.69) is 38.3 Å². The van der Waals surface area contributed by atoms with Crippen molar-refractivity contribution >= 4 is 54.0 Å². The van der Waals surface area contributed by atoms with E-state index in [1.165, 1.54) is 9.87 Å². The lowest BCUT2D eigenvalue weighted by atomic mass is 10.1. The zero-order valence-corrected chi connectivity index (χ0v) is 19.4. The van der Waals surface area contributed by atoms with E-state index in [0.717, 1.165) is 21.7 Å². The predicted molar refractivity (Wildman–Crippen MR) is 121 cm³/mol. The number of aromatic nitrogens is 1. The molecular formula is C20H19BrClN3O2S2. The van der Waals surface area contributed by atoms with Crippen LogP contribution in [-0.2, 0) is 16.4 Å². The summed E-state index contributed by atoms with van der Waals surface area (Å²) in [5, 5.41) is 3.54. The number of hydrogen-bond donors (Lipinski definition) is 0. The molecule has 1 aliphatic rings. The first-order valence-corrected chi connectivity index (χ1v) is 12.6. The van der Waals surface area contributed by atoms with Gasteiger partial charge in [0.25, 0.3) is 0 Å². The third kappa shape index (κ3) is 4.83. The molecule has 1 aliphatic heterocycles. The zero-order chi connectivity index (χ0) is 20.4. The van der Waals surface area contributed by atoms with Crippen molar-refractivity contribution in [3.05, 3.63) is 74.7 Å². The van der Waals surface area contributed by atoms with Gasteiger partial charge in [0.05, 0.1) is 10.6 Å². The van der Waals surface area contributed by atoms with Crippen LogP contribution in [0.4, 0.5) is 5.13 Å². The van der Waals surface area contributed by atoms with E-state index in [0.29, 0.717) is 31.2 Å². The summed E-state index contributed by atoms with van der Waals surface area (Å²) < 4.78 is 28.2. The molecule has 3 aromatic rings. The molecule has 0 bridgehead atoms. The molecule has 2 heterocycles. The summed E-state index contributed by atoms with van der Waals surface area (Å²) in [5.74, 6) is 0. The van der Waals surface area contributed by atoms with Gasteiger partial charge >= 0.3 is 0 Å². The Kier molecular flexibility index (Phi) is 6.27. The minimum absolute atomic E-state index is 0.279. The average molecular weight is 513 g/mol. The van der Waals surface area contributed by atoms with Gasteiger partial charge in [0, 0.05) is 47.5 Å². The van der Waals surface area contributed by atoms with Crippen LogP contribution in [0.1, 0.15) is 11.3 Å². The maximum absolute atomic E-state index is 12.8. The summed E-state index contributed by atoms with van der Waals surface area (Å²) >= 11 is 11.0. The van der Waals surface area contributed by atoms with Crippen molar-refractivity contribution in [2.45, 2.75) is 11.3 Å². The number of piperazine rings is 1. The van der Waals surface area contributed by atoms with E-state index in [9.17, 15) is 8.42 Å². The molecule has 0 saturated carbocycles. The van der Waals surface area contributed by atoms with Crippen molar-refractivity contribution < 1.29 is 8.42 Å². The van der Waals surface area contributed by atoms with Gasteiger partial charge in [-0.05, 0) is 42.0 Å². The van der Waals surface area contributed by atoms with E-state index in [4.69, 9.17) is 16.6 Å². The Bertz CT molecular complexity index is 1090. The molecule has 0 amide bonds. The van der Waals surface area contributed by atoms with E-state index < -0.39 is 10.0 Å². The van der Waals surface area contributed by atoms with Gasteiger partial charge < -0.3 is 4.90 Å². The second kappa shape index (κ2) is 8.73. The average Bonchev–Trinajstić information content (AvgIpc) is 3.17. The lowest BCUT2D eigenvalue weighted by Gasteiger charge is -2.33. The SMILES string of the molecule is O=S(=O)(c1ccc(Cl)cc1)N1CCN(c2nc(Cc3cccc(Br)c3)cs2)CC1. The molecule has 0 radical (unpaired) electrons. The highest BCUT2D eigenvalue weighted by atomic mass is 79.9. The van der Waals surface area contributed by atoms with E-state index >= 15 is 0 Å². The topological polar surface area (TPSA) is 53.5 Å². The van der Waals surface area contributed by atoms with Crippen LogP contribution in [0.2, 0.25) is 5.02 Å². The molecule has 1 saturated heterocycles. The second-order valence-corrected chi connectivity index (χ2v) is 10.9. The molecule has 4 rings (SSSR count). The number of benzene rings is 2. The summed E-state index contributed by atoms with van der Waals surface area (Å²) in [6.45, 7) is 2.12. The van der Waals surface area contributed by atoms with E-state index in [1.54, 1.807) is 35.6 Å². The molecule has 152 valence electrons. The van der Waals surface area contributed by atoms with Crippen molar-refractivity contribution in [2.75, 3.05) is 31.1 Å². The highest BCUT2D eigenvalue weighted by molar-refractivity contribution is 9.10. The van der Waals surface area contributed by atoms with E-state index in [-0.39, 0.29) is 4.90 Å². The maximum Gasteiger partial charge on any atom is 0.243 e. The number of rotatable bonds is 5. The third-order valence-electron chi connectivity index (χ3n) is 4.77.